The minimum absolute atomic E-state index is 0.300. The van der Waals surface area contributed by atoms with Crippen molar-refractivity contribution in [3.8, 4) is 16.9 Å². The normalized spacial score (nSPS) is 14.0. The molecule has 0 radical (unpaired) electrons. The van der Waals surface area contributed by atoms with Crippen LogP contribution < -0.4 is 4.74 Å². The predicted molar refractivity (Wildman–Crippen MR) is 166 cm³/mol. The summed E-state index contributed by atoms with van der Waals surface area (Å²) in [4.78, 5) is 13.6. The number of fused-ring (bicyclic) bond motifs is 3. The Morgan fingerprint density at radius 3 is 2.67 bits per heavy atom. The summed E-state index contributed by atoms with van der Waals surface area (Å²) >= 11 is 0. The van der Waals surface area contributed by atoms with Crippen LogP contribution in [0.1, 0.15) is 47.7 Å². The summed E-state index contributed by atoms with van der Waals surface area (Å²) in [5.41, 5.74) is 6.84. The number of hydrogen-bond donors (Lipinski definition) is 0. The van der Waals surface area contributed by atoms with E-state index in [2.05, 4.69) is 54.0 Å². The van der Waals surface area contributed by atoms with Gasteiger partial charge in [0, 0.05) is 41.2 Å². The maximum Gasteiger partial charge on any atom is 0.355 e. The van der Waals surface area contributed by atoms with Gasteiger partial charge in [-0.2, -0.15) is 5.10 Å². The van der Waals surface area contributed by atoms with E-state index in [0.29, 0.717) is 45.1 Å². The van der Waals surface area contributed by atoms with Crippen molar-refractivity contribution < 1.29 is 19.0 Å². The first-order chi connectivity index (χ1) is 20.6. The SMILES string of the molecule is CCOC(=O)c1c(CCCOc2cccc3ccccc23)c2cccc3c2n1C/C=C\COCc1nn(C)c(CC)c1-3. The minimum atomic E-state index is -0.300. The second-order valence-corrected chi connectivity index (χ2v) is 10.5. The number of carbonyl (C=O) groups is 1. The number of hydrogen-bond acceptors (Lipinski definition) is 5. The van der Waals surface area contributed by atoms with Crippen molar-refractivity contribution in [2.75, 3.05) is 19.8 Å². The summed E-state index contributed by atoms with van der Waals surface area (Å²) in [7, 11) is 1.99. The molecule has 0 unspecified atom stereocenters. The van der Waals surface area contributed by atoms with Gasteiger partial charge in [0.2, 0.25) is 0 Å². The van der Waals surface area contributed by atoms with Crippen LogP contribution in [0, 0.1) is 0 Å². The third-order valence-electron chi connectivity index (χ3n) is 7.98. The largest absolute Gasteiger partial charge is 0.493 e. The summed E-state index contributed by atoms with van der Waals surface area (Å²) in [6.07, 6.45) is 6.34. The number of allylic oxidation sites excluding steroid dienone is 1. The van der Waals surface area contributed by atoms with Crippen LogP contribution in [0.4, 0.5) is 0 Å². The Balaban J connectivity index is 1.44. The van der Waals surface area contributed by atoms with Gasteiger partial charge >= 0.3 is 5.97 Å². The molecule has 0 spiro atoms. The third-order valence-corrected chi connectivity index (χ3v) is 7.98. The van der Waals surface area contributed by atoms with Gasteiger partial charge in [-0.25, -0.2) is 4.79 Å². The number of ether oxygens (including phenoxy) is 3. The van der Waals surface area contributed by atoms with Crippen LogP contribution in [-0.2, 0) is 42.5 Å². The number of para-hydroxylation sites is 1. The molecule has 7 nitrogen and oxygen atoms in total. The maximum atomic E-state index is 13.6. The van der Waals surface area contributed by atoms with Gasteiger partial charge in [-0.1, -0.05) is 73.7 Å². The summed E-state index contributed by atoms with van der Waals surface area (Å²) < 4.78 is 22.0. The van der Waals surface area contributed by atoms with E-state index in [1.807, 2.05) is 49.0 Å². The molecule has 0 amide bonds. The van der Waals surface area contributed by atoms with E-state index in [4.69, 9.17) is 19.3 Å². The zero-order valence-electron chi connectivity index (χ0n) is 24.6. The van der Waals surface area contributed by atoms with E-state index in [1.54, 1.807) is 0 Å². The Morgan fingerprint density at radius 1 is 1.00 bits per heavy atom. The molecule has 1 aliphatic heterocycles. The van der Waals surface area contributed by atoms with Crippen molar-refractivity contribution in [1.82, 2.24) is 14.3 Å². The zero-order valence-corrected chi connectivity index (χ0v) is 24.6. The molecule has 0 N–H and O–H groups in total. The lowest BCUT2D eigenvalue weighted by Crippen LogP contribution is -2.14. The number of aryl methyl sites for hydroxylation is 2. The quantitative estimate of drug-likeness (QED) is 0.115. The summed E-state index contributed by atoms with van der Waals surface area (Å²) in [5.74, 6) is 0.577. The molecule has 3 heterocycles. The van der Waals surface area contributed by atoms with Crippen LogP contribution in [0.25, 0.3) is 32.8 Å². The fraction of sp³-hybridized carbons (Fsp3) is 0.314. The van der Waals surface area contributed by atoms with E-state index in [1.165, 1.54) is 0 Å². The molecule has 0 saturated carbocycles. The molecule has 2 aromatic heterocycles. The molecule has 0 atom stereocenters. The average molecular weight is 564 g/mol. The Bertz CT molecular complexity index is 1770. The van der Waals surface area contributed by atoms with Crippen molar-refractivity contribution >= 4 is 27.6 Å². The van der Waals surface area contributed by atoms with Gasteiger partial charge in [0.15, 0.2) is 0 Å². The molecule has 0 aliphatic carbocycles. The van der Waals surface area contributed by atoms with Gasteiger partial charge < -0.3 is 18.8 Å². The lowest BCUT2D eigenvalue weighted by atomic mass is 9.97. The van der Waals surface area contributed by atoms with Crippen LogP contribution in [0.15, 0.2) is 72.8 Å². The first kappa shape index (κ1) is 27.8. The molecule has 1 aliphatic rings. The highest BCUT2D eigenvalue weighted by molar-refractivity contribution is 6.05. The van der Waals surface area contributed by atoms with Crippen molar-refractivity contribution in [3.05, 3.63) is 95.5 Å². The molecule has 3 aromatic carbocycles. The molecular formula is C35H37N3O4. The second kappa shape index (κ2) is 12.2. The Morgan fingerprint density at radius 2 is 1.81 bits per heavy atom. The molecule has 42 heavy (non-hydrogen) atoms. The highest BCUT2D eigenvalue weighted by Crippen LogP contribution is 2.39. The smallest absolute Gasteiger partial charge is 0.355 e. The van der Waals surface area contributed by atoms with Crippen molar-refractivity contribution in [2.24, 2.45) is 7.05 Å². The number of carbonyl (C=O) groups excluding carboxylic acids is 1. The van der Waals surface area contributed by atoms with Crippen LogP contribution in [-0.4, -0.2) is 40.1 Å². The number of rotatable bonds is 8. The summed E-state index contributed by atoms with van der Waals surface area (Å²) in [5, 5.41) is 8.16. The van der Waals surface area contributed by atoms with E-state index < -0.39 is 0 Å². The highest BCUT2D eigenvalue weighted by atomic mass is 16.5. The van der Waals surface area contributed by atoms with E-state index in [-0.39, 0.29) is 5.97 Å². The topological polar surface area (TPSA) is 67.5 Å². The van der Waals surface area contributed by atoms with Gasteiger partial charge in [-0.15, -0.1) is 0 Å². The molecule has 0 bridgehead atoms. The molecule has 0 saturated heterocycles. The van der Waals surface area contributed by atoms with E-state index >= 15 is 0 Å². The number of benzene rings is 3. The third kappa shape index (κ3) is 5.09. The van der Waals surface area contributed by atoms with Gasteiger partial charge in [-0.05, 0) is 43.2 Å². The lowest BCUT2D eigenvalue weighted by Gasteiger charge is -2.13. The van der Waals surface area contributed by atoms with Crippen LogP contribution >= 0.6 is 0 Å². The zero-order chi connectivity index (χ0) is 29.1. The monoisotopic (exact) mass is 563 g/mol. The standard InChI is InChI=1S/C35H37N3O4/c1-4-30-32-28-17-11-16-26-27(18-12-22-42-31-19-10-14-24-13-6-7-15-25(24)31)34(35(39)41-5-2)38(33(26)28)20-8-9-21-40-23-29(32)36-37(30)3/h6-11,13-17,19H,4-5,12,18,20-23H2,1-3H3/b9-8-. The second-order valence-electron chi connectivity index (χ2n) is 10.5. The molecule has 6 rings (SSSR count). The van der Waals surface area contributed by atoms with Crippen LogP contribution in [0.2, 0.25) is 0 Å². The van der Waals surface area contributed by atoms with Gasteiger partial charge in [-0.3, -0.25) is 4.68 Å². The number of aromatic nitrogens is 3. The lowest BCUT2D eigenvalue weighted by molar-refractivity contribution is 0.0513. The summed E-state index contributed by atoms with van der Waals surface area (Å²) in [6, 6.07) is 20.7. The Kier molecular flexibility index (Phi) is 8.11. The predicted octanol–water partition coefficient (Wildman–Crippen LogP) is 7.03. The fourth-order valence-electron chi connectivity index (χ4n) is 6.21. The van der Waals surface area contributed by atoms with Gasteiger partial charge in [0.1, 0.15) is 11.4 Å². The fourth-order valence-corrected chi connectivity index (χ4v) is 6.21. The molecular weight excluding hydrogens is 526 g/mol. The molecule has 5 aromatic rings. The van der Waals surface area contributed by atoms with Crippen molar-refractivity contribution in [1.29, 1.82) is 0 Å². The van der Waals surface area contributed by atoms with Crippen LogP contribution in [0.5, 0.6) is 5.75 Å². The average Bonchev–Trinajstić information content (AvgIpc) is 3.49. The Hall–Kier alpha value is -4.36. The first-order valence-electron chi connectivity index (χ1n) is 14.8. The highest BCUT2D eigenvalue weighted by Gasteiger charge is 2.28. The summed E-state index contributed by atoms with van der Waals surface area (Å²) in [6.45, 7) is 6.28. The van der Waals surface area contributed by atoms with Crippen LogP contribution in [0.3, 0.4) is 0 Å². The van der Waals surface area contributed by atoms with Gasteiger partial charge in [0.05, 0.1) is 37.6 Å². The molecule has 7 heteroatoms. The van der Waals surface area contributed by atoms with Crippen molar-refractivity contribution in [2.45, 2.75) is 46.3 Å². The van der Waals surface area contributed by atoms with Crippen molar-refractivity contribution in [3.63, 3.8) is 0 Å². The maximum absolute atomic E-state index is 13.6. The minimum Gasteiger partial charge on any atom is -0.493 e. The van der Waals surface area contributed by atoms with E-state index in [0.717, 1.165) is 68.3 Å². The first-order valence-corrected chi connectivity index (χ1v) is 14.8. The van der Waals surface area contributed by atoms with Gasteiger partial charge in [0.25, 0.3) is 0 Å². The molecule has 0 fully saturated rings. The number of nitrogens with zero attached hydrogens (tertiary/aromatic N) is 3. The van der Waals surface area contributed by atoms with E-state index in [9.17, 15) is 4.79 Å². The number of esters is 1. The Labute approximate surface area is 246 Å². The molecule has 216 valence electrons.